The molecule has 134 valence electrons. The molecule has 2 aromatic rings. The molecule has 0 saturated heterocycles. The van der Waals surface area contributed by atoms with Crippen LogP contribution in [0, 0.1) is 0 Å². The van der Waals surface area contributed by atoms with Crippen LogP contribution in [0.1, 0.15) is 18.9 Å². The van der Waals surface area contributed by atoms with E-state index in [4.69, 9.17) is 9.47 Å². The van der Waals surface area contributed by atoms with Crippen LogP contribution in [0.5, 0.6) is 11.5 Å². The fraction of sp³-hybridized carbons (Fsp3) is 0.350. The van der Waals surface area contributed by atoms with Crippen molar-refractivity contribution in [2.24, 2.45) is 0 Å². The number of rotatable bonds is 9. The van der Waals surface area contributed by atoms with Gasteiger partial charge in [0.05, 0.1) is 20.8 Å². The first-order valence-electron chi connectivity index (χ1n) is 8.43. The van der Waals surface area contributed by atoms with E-state index in [-0.39, 0.29) is 5.91 Å². The highest BCUT2D eigenvalue weighted by molar-refractivity contribution is 5.92. The minimum absolute atomic E-state index is 0.0558. The molecule has 0 heterocycles. The molecule has 2 rings (SSSR count). The van der Waals surface area contributed by atoms with Crippen LogP contribution in [-0.4, -0.2) is 38.1 Å². The quantitative estimate of drug-likeness (QED) is 0.757. The summed E-state index contributed by atoms with van der Waals surface area (Å²) in [7, 11) is 3.17. The number of nitrogens with zero attached hydrogens (tertiary/aromatic N) is 1. The maximum absolute atomic E-state index is 12.5. The van der Waals surface area contributed by atoms with E-state index in [0.717, 1.165) is 19.5 Å². The second kappa shape index (κ2) is 9.69. The molecule has 0 atom stereocenters. The number of hydrogen-bond donors (Lipinski definition) is 1. The summed E-state index contributed by atoms with van der Waals surface area (Å²) in [6, 6.07) is 15.5. The van der Waals surface area contributed by atoms with Crippen LogP contribution >= 0.6 is 0 Å². The number of methoxy groups -OCH3 is 2. The average molecular weight is 342 g/mol. The molecule has 0 aliphatic rings. The van der Waals surface area contributed by atoms with Crippen molar-refractivity contribution in [3.63, 3.8) is 0 Å². The van der Waals surface area contributed by atoms with Crippen LogP contribution in [0.3, 0.4) is 0 Å². The van der Waals surface area contributed by atoms with Gasteiger partial charge in [0.1, 0.15) is 11.5 Å². The van der Waals surface area contributed by atoms with Crippen LogP contribution in [0.25, 0.3) is 0 Å². The van der Waals surface area contributed by atoms with Crippen molar-refractivity contribution in [2.75, 3.05) is 32.6 Å². The van der Waals surface area contributed by atoms with E-state index in [0.29, 0.717) is 23.7 Å². The number of benzene rings is 2. The molecule has 0 radical (unpaired) electrons. The van der Waals surface area contributed by atoms with Gasteiger partial charge in [-0.25, -0.2) is 0 Å². The Balaban J connectivity index is 2.01. The molecule has 0 spiro atoms. The van der Waals surface area contributed by atoms with Crippen LogP contribution in [0.15, 0.2) is 48.5 Å². The molecule has 5 nitrogen and oxygen atoms in total. The summed E-state index contributed by atoms with van der Waals surface area (Å²) in [5.41, 5.74) is 1.86. The minimum atomic E-state index is -0.0558. The fourth-order valence-electron chi connectivity index (χ4n) is 2.66. The van der Waals surface area contributed by atoms with Crippen LogP contribution in [0.4, 0.5) is 5.69 Å². The lowest BCUT2D eigenvalue weighted by atomic mass is 10.2. The molecule has 25 heavy (non-hydrogen) atoms. The van der Waals surface area contributed by atoms with Gasteiger partial charge in [-0.15, -0.1) is 0 Å². The number of nitrogens with one attached hydrogen (secondary N) is 1. The lowest BCUT2D eigenvalue weighted by Gasteiger charge is -2.21. The Morgan fingerprint density at radius 3 is 2.24 bits per heavy atom. The molecule has 1 amide bonds. The molecular weight excluding hydrogens is 316 g/mol. The average Bonchev–Trinajstić information content (AvgIpc) is 2.62. The topological polar surface area (TPSA) is 50.8 Å². The van der Waals surface area contributed by atoms with Gasteiger partial charge < -0.3 is 14.8 Å². The largest absolute Gasteiger partial charge is 0.497 e. The Kier molecular flexibility index (Phi) is 7.29. The van der Waals surface area contributed by atoms with E-state index in [1.54, 1.807) is 32.4 Å². The van der Waals surface area contributed by atoms with E-state index in [1.807, 2.05) is 18.2 Å². The van der Waals surface area contributed by atoms with Gasteiger partial charge in [-0.05, 0) is 18.5 Å². The second-order valence-electron chi connectivity index (χ2n) is 5.85. The molecule has 0 aromatic heterocycles. The van der Waals surface area contributed by atoms with E-state index in [9.17, 15) is 4.79 Å². The Morgan fingerprint density at radius 1 is 1.04 bits per heavy atom. The maximum Gasteiger partial charge on any atom is 0.238 e. The van der Waals surface area contributed by atoms with Gasteiger partial charge in [-0.2, -0.15) is 0 Å². The van der Waals surface area contributed by atoms with Crippen LogP contribution < -0.4 is 14.8 Å². The van der Waals surface area contributed by atoms with Gasteiger partial charge in [0.25, 0.3) is 0 Å². The molecule has 0 saturated carbocycles. The highest BCUT2D eigenvalue weighted by Gasteiger charge is 2.12. The van der Waals surface area contributed by atoms with Crippen LogP contribution in [0.2, 0.25) is 0 Å². The third kappa shape index (κ3) is 6.12. The highest BCUT2D eigenvalue weighted by atomic mass is 16.5. The number of ether oxygens (including phenoxy) is 2. The third-order valence-corrected chi connectivity index (χ3v) is 3.79. The zero-order valence-corrected chi connectivity index (χ0v) is 15.1. The molecule has 0 aliphatic heterocycles. The number of carbonyl (C=O) groups is 1. The first-order valence-corrected chi connectivity index (χ1v) is 8.43. The third-order valence-electron chi connectivity index (χ3n) is 3.79. The summed E-state index contributed by atoms with van der Waals surface area (Å²) in [4.78, 5) is 14.6. The maximum atomic E-state index is 12.5. The predicted octanol–water partition coefficient (Wildman–Crippen LogP) is 3.55. The predicted molar refractivity (Wildman–Crippen MR) is 100 cm³/mol. The Morgan fingerprint density at radius 2 is 1.68 bits per heavy atom. The fourth-order valence-corrected chi connectivity index (χ4v) is 2.66. The van der Waals surface area contributed by atoms with E-state index < -0.39 is 0 Å². The van der Waals surface area contributed by atoms with Crippen molar-refractivity contribution < 1.29 is 14.3 Å². The second-order valence-corrected chi connectivity index (χ2v) is 5.85. The van der Waals surface area contributed by atoms with Crippen molar-refractivity contribution in [1.82, 2.24) is 4.90 Å². The van der Waals surface area contributed by atoms with Crippen molar-refractivity contribution in [3.05, 3.63) is 54.1 Å². The number of anilines is 1. The number of carbonyl (C=O) groups excluding carboxylic acids is 1. The molecule has 2 aromatic carbocycles. The van der Waals surface area contributed by atoms with Crippen molar-refractivity contribution in [3.8, 4) is 11.5 Å². The summed E-state index contributed by atoms with van der Waals surface area (Å²) >= 11 is 0. The standard InChI is InChI=1S/C20H26N2O3/c1-4-10-22(14-16-8-6-5-7-9-16)15-20(23)21-17-11-18(24-2)13-19(12-17)25-3/h5-9,11-13H,4,10,14-15H2,1-3H3,(H,21,23). The zero-order chi connectivity index (χ0) is 18.1. The van der Waals surface area contributed by atoms with E-state index >= 15 is 0 Å². The van der Waals surface area contributed by atoms with Gasteiger partial charge in [-0.3, -0.25) is 9.69 Å². The van der Waals surface area contributed by atoms with Gasteiger partial charge in [0.2, 0.25) is 5.91 Å². The van der Waals surface area contributed by atoms with Gasteiger partial charge >= 0.3 is 0 Å². The molecule has 1 N–H and O–H groups in total. The zero-order valence-electron chi connectivity index (χ0n) is 15.1. The molecule has 0 fully saturated rings. The van der Waals surface area contributed by atoms with Crippen molar-refractivity contribution >= 4 is 11.6 Å². The lowest BCUT2D eigenvalue weighted by Crippen LogP contribution is -2.33. The van der Waals surface area contributed by atoms with Gasteiger partial charge in [-0.1, -0.05) is 37.3 Å². The van der Waals surface area contributed by atoms with Crippen LogP contribution in [-0.2, 0) is 11.3 Å². The lowest BCUT2D eigenvalue weighted by molar-refractivity contribution is -0.117. The van der Waals surface area contributed by atoms with E-state index in [2.05, 4.69) is 29.3 Å². The normalized spacial score (nSPS) is 10.6. The number of amides is 1. The Bertz CT molecular complexity index is 652. The highest BCUT2D eigenvalue weighted by Crippen LogP contribution is 2.25. The molecule has 0 unspecified atom stereocenters. The van der Waals surface area contributed by atoms with Gasteiger partial charge in [0, 0.05) is 30.4 Å². The summed E-state index contributed by atoms with van der Waals surface area (Å²) in [6.07, 6.45) is 0.993. The van der Waals surface area contributed by atoms with Gasteiger partial charge in [0.15, 0.2) is 0 Å². The molecule has 5 heteroatoms. The molecular formula is C20H26N2O3. The summed E-state index contributed by atoms with van der Waals surface area (Å²) in [5.74, 6) is 1.23. The van der Waals surface area contributed by atoms with Crippen molar-refractivity contribution in [2.45, 2.75) is 19.9 Å². The first kappa shape index (κ1) is 18.8. The monoisotopic (exact) mass is 342 g/mol. The van der Waals surface area contributed by atoms with E-state index in [1.165, 1.54) is 5.56 Å². The molecule has 0 bridgehead atoms. The summed E-state index contributed by atoms with van der Waals surface area (Å²) in [5, 5.41) is 2.93. The smallest absolute Gasteiger partial charge is 0.238 e. The summed E-state index contributed by atoms with van der Waals surface area (Å²) < 4.78 is 10.5. The Labute approximate surface area is 149 Å². The first-order chi connectivity index (χ1) is 12.1. The summed E-state index contributed by atoms with van der Waals surface area (Å²) in [6.45, 7) is 4.07. The number of hydrogen-bond acceptors (Lipinski definition) is 4. The minimum Gasteiger partial charge on any atom is -0.497 e. The SMILES string of the molecule is CCCN(CC(=O)Nc1cc(OC)cc(OC)c1)Cc1ccccc1. The van der Waals surface area contributed by atoms with Crippen molar-refractivity contribution in [1.29, 1.82) is 0 Å². The Hall–Kier alpha value is -2.53. The molecule has 0 aliphatic carbocycles.